The predicted molar refractivity (Wildman–Crippen MR) is 78.8 cm³/mol. The van der Waals surface area contributed by atoms with Gasteiger partial charge in [0.15, 0.2) is 0 Å². The Bertz CT molecular complexity index is 516. The van der Waals surface area contributed by atoms with E-state index in [1.54, 1.807) is 0 Å². The number of rotatable bonds is 6. The minimum atomic E-state index is -0.875. The molecular formula is C16H22N2O4. The molecule has 4 atom stereocenters. The van der Waals surface area contributed by atoms with Gasteiger partial charge in [0.05, 0.1) is 11.8 Å². The molecule has 22 heavy (non-hydrogen) atoms. The molecule has 2 aliphatic carbocycles. The van der Waals surface area contributed by atoms with E-state index in [9.17, 15) is 19.5 Å². The van der Waals surface area contributed by atoms with Crippen molar-refractivity contribution in [1.82, 2.24) is 10.2 Å². The Morgan fingerprint density at radius 3 is 2.64 bits per heavy atom. The summed E-state index contributed by atoms with van der Waals surface area (Å²) in [5.74, 6) is -1.81. The van der Waals surface area contributed by atoms with Gasteiger partial charge in [0.25, 0.3) is 0 Å². The maximum absolute atomic E-state index is 12.3. The molecule has 2 fully saturated rings. The van der Waals surface area contributed by atoms with Crippen LogP contribution >= 0.6 is 0 Å². The molecule has 3 aliphatic rings. The standard InChI is InChI=1S/C16H22N2O4/c19-12-3-1-7-18(12)8-2-6-17-15(20)13-10-4-5-11(9-10)14(13)16(21)22/h4-5,10-11,13-14H,1-3,6-9H2,(H,17,20)(H,21,22)/t10-,11+,13+,14+/m1/s1. The van der Waals surface area contributed by atoms with Crippen molar-refractivity contribution in [2.24, 2.45) is 23.7 Å². The van der Waals surface area contributed by atoms with E-state index in [-0.39, 0.29) is 23.7 Å². The van der Waals surface area contributed by atoms with Gasteiger partial charge in [-0.05, 0) is 31.1 Å². The second-order valence-corrected chi connectivity index (χ2v) is 6.47. The lowest BCUT2D eigenvalue weighted by Crippen LogP contribution is -2.41. The number of likely N-dealkylation sites (tertiary alicyclic amines) is 1. The molecule has 1 saturated heterocycles. The molecule has 0 aromatic heterocycles. The second kappa shape index (κ2) is 6.10. The zero-order valence-electron chi connectivity index (χ0n) is 12.5. The van der Waals surface area contributed by atoms with Crippen molar-refractivity contribution >= 4 is 17.8 Å². The molecule has 120 valence electrons. The molecule has 1 heterocycles. The fourth-order valence-electron chi connectivity index (χ4n) is 4.06. The van der Waals surface area contributed by atoms with Crippen LogP contribution in [0.5, 0.6) is 0 Å². The van der Waals surface area contributed by atoms with Crippen molar-refractivity contribution in [3.8, 4) is 0 Å². The molecule has 0 spiro atoms. The van der Waals surface area contributed by atoms with Gasteiger partial charge >= 0.3 is 5.97 Å². The number of carbonyl (C=O) groups is 3. The van der Waals surface area contributed by atoms with Crippen molar-refractivity contribution in [1.29, 1.82) is 0 Å². The van der Waals surface area contributed by atoms with Crippen molar-refractivity contribution in [2.75, 3.05) is 19.6 Å². The van der Waals surface area contributed by atoms with Crippen LogP contribution in [0.4, 0.5) is 0 Å². The lowest BCUT2D eigenvalue weighted by Gasteiger charge is -2.24. The fraction of sp³-hybridized carbons (Fsp3) is 0.688. The fourth-order valence-corrected chi connectivity index (χ4v) is 4.06. The summed E-state index contributed by atoms with van der Waals surface area (Å²) in [4.78, 5) is 37.0. The molecule has 2 bridgehead atoms. The maximum atomic E-state index is 12.3. The molecule has 6 heteroatoms. The van der Waals surface area contributed by atoms with Gasteiger partial charge in [-0.15, -0.1) is 0 Å². The van der Waals surface area contributed by atoms with Gasteiger partial charge in [0, 0.05) is 26.1 Å². The molecule has 0 aromatic rings. The molecule has 0 radical (unpaired) electrons. The molecule has 1 aliphatic heterocycles. The lowest BCUT2D eigenvalue weighted by molar-refractivity contribution is -0.147. The minimum absolute atomic E-state index is 0.000437. The molecule has 2 amide bonds. The van der Waals surface area contributed by atoms with E-state index < -0.39 is 17.8 Å². The number of hydrogen-bond donors (Lipinski definition) is 2. The number of aliphatic carboxylic acids is 1. The molecule has 2 N–H and O–H groups in total. The zero-order chi connectivity index (χ0) is 15.7. The van der Waals surface area contributed by atoms with Crippen molar-refractivity contribution in [3.63, 3.8) is 0 Å². The predicted octanol–water partition coefficient (Wildman–Crippen LogP) is 0.638. The van der Waals surface area contributed by atoms with E-state index in [1.165, 1.54) is 0 Å². The lowest BCUT2D eigenvalue weighted by atomic mass is 9.82. The Kier molecular flexibility index (Phi) is 4.18. The van der Waals surface area contributed by atoms with Crippen molar-refractivity contribution in [3.05, 3.63) is 12.2 Å². The first kappa shape index (κ1) is 15.1. The summed E-state index contributed by atoms with van der Waals surface area (Å²) in [6.07, 6.45) is 6.96. The number of nitrogens with one attached hydrogen (secondary N) is 1. The number of carbonyl (C=O) groups excluding carboxylic acids is 2. The highest BCUT2D eigenvalue weighted by molar-refractivity contribution is 5.86. The number of nitrogens with zero attached hydrogens (tertiary/aromatic N) is 1. The van der Waals surface area contributed by atoms with Gasteiger partial charge in [0.2, 0.25) is 11.8 Å². The van der Waals surface area contributed by atoms with Crippen LogP contribution in [0.3, 0.4) is 0 Å². The molecule has 6 nitrogen and oxygen atoms in total. The van der Waals surface area contributed by atoms with Gasteiger partial charge in [-0.2, -0.15) is 0 Å². The third-order valence-corrected chi connectivity index (χ3v) is 5.12. The molecule has 3 rings (SSSR count). The van der Waals surface area contributed by atoms with E-state index in [4.69, 9.17) is 0 Å². The van der Waals surface area contributed by atoms with Gasteiger partial charge in [0.1, 0.15) is 0 Å². The number of carboxylic acid groups (broad SMARTS) is 1. The van der Waals surface area contributed by atoms with E-state index >= 15 is 0 Å². The normalized spacial score (nSPS) is 32.7. The molecule has 1 saturated carbocycles. The van der Waals surface area contributed by atoms with Gasteiger partial charge in [-0.1, -0.05) is 12.2 Å². The Balaban J connectivity index is 1.46. The highest BCUT2D eigenvalue weighted by Gasteiger charge is 2.51. The van der Waals surface area contributed by atoms with Gasteiger partial charge in [-0.25, -0.2) is 0 Å². The van der Waals surface area contributed by atoms with Crippen LogP contribution in [0.2, 0.25) is 0 Å². The number of hydrogen-bond acceptors (Lipinski definition) is 3. The van der Waals surface area contributed by atoms with Crippen LogP contribution < -0.4 is 5.32 Å². The SMILES string of the molecule is O=C(NCCCN1CCCC1=O)[C@@H]1[C@@H](C(=O)O)[C@H]2C=C[C@@H]1C2. The van der Waals surface area contributed by atoms with E-state index in [2.05, 4.69) is 5.32 Å². The minimum Gasteiger partial charge on any atom is -0.481 e. The number of amides is 2. The molecule has 0 aromatic carbocycles. The number of allylic oxidation sites excluding steroid dienone is 2. The van der Waals surface area contributed by atoms with Crippen LogP contribution in [0.15, 0.2) is 12.2 Å². The van der Waals surface area contributed by atoms with Crippen LogP contribution in [0, 0.1) is 23.7 Å². The van der Waals surface area contributed by atoms with Crippen LogP contribution in [0.25, 0.3) is 0 Å². The monoisotopic (exact) mass is 306 g/mol. The second-order valence-electron chi connectivity index (χ2n) is 6.47. The average molecular weight is 306 g/mol. The summed E-state index contributed by atoms with van der Waals surface area (Å²) in [7, 11) is 0. The van der Waals surface area contributed by atoms with Crippen LogP contribution in [-0.4, -0.2) is 47.4 Å². The van der Waals surface area contributed by atoms with Crippen molar-refractivity contribution in [2.45, 2.75) is 25.7 Å². The highest BCUT2D eigenvalue weighted by Crippen LogP contribution is 2.48. The zero-order valence-corrected chi connectivity index (χ0v) is 12.5. The first-order chi connectivity index (χ1) is 10.6. The Morgan fingerprint density at radius 1 is 1.27 bits per heavy atom. The molecule has 0 unspecified atom stereocenters. The van der Waals surface area contributed by atoms with Gasteiger partial charge < -0.3 is 15.3 Å². The Morgan fingerprint density at radius 2 is 2.00 bits per heavy atom. The first-order valence-corrected chi connectivity index (χ1v) is 8.04. The largest absolute Gasteiger partial charge is 0.481 e. The maximum Gasteiger partial charge on any atom is 0.307 e. The third kappa shape index (κ3) is 2.74. The number of carboxylic acids is 1. The summed E-state index contributed by atoms with van der Waals surface area (Å²) in [6, 6.07) is 0. The van der Waals surface area contributed by atoms with E-state index in [0.717, 1.165) is 19.4 Å². The quantitative estimate of drug-likeness (QED) is 0.557. The van der Waals surface area contributed by atoms with Crippen molar-refractivity contribution < 1.29 is 19.5 Å². The van der Waals surface area contributed by atoms with E-state index in [0.29, 0.717) is 25.9 Å². The highest BCUT2D eigenvalue weighted by atomic mass is 16.4. The van der Waals surface area contributed by atoms with E-state index in [1.807, 2.05) is 17.1 Å². The summed E-state index contributed by atoms with van der Waals surface area (Å²) in [5.41, 5.74) is 0. The number of fused-ring (bicyclic) bond motifs is 2. The average Bonchev–Trinajstić information content (AvgIpc) is 3.18. The third-order valence-electron chi connectivity index (χ3n) is 5.12. The Hall–Kier alpha value is -1.85. The Labute approximate surface area is 129 Å². The topological polar surface area (TPSA) is 86.7 Å². The summed E-state index contributed by atoms with van der Waals surface area (Å²) in [6.45, 7) is 1.97. The van der Waals surface area contributed by atoms with Gasteiger partial charge in [-0.3, -0.25) is 14.4 Å². The van der Waals surface area contributed by atoms with Crippen LogP contribution in [-0.2, 0) is 14.4 Å². The van der Waals surface area contributed by atoms with Crippen LogP contribution in [0.1, 0.15) is 25.7 Å². The summed E-state index contributed by atoms with van der Waals surface area (Å²) >= 11 is 0. The first-order valence-electron chi connectivity index (χ1n) is 8.04. The molecular weight excluding hydrogens is 284 g/mol. The summed E-state index contributed by atoms with van der Waals surface area (Å²) < 4.78 is 0. The smallest absolute Gasteiger partial charge is 0.307 e. The summed E-state index contributed by atoms with van der Waals surface area (Å²) in [5, 5.41) is 12.2.